The summed E-state index contributed by atoms with van der Waals surface area (Å²) in [6, 6.07) is 0. The van der Waals surface area contributed by atoms with Crippen LogP contribution in [0.1, 0.15) is 285 Å². The van der Waals surface area contributed by atoms with Gasteiger partial charge in [-0.05, 0) is 31.1 Å². The van der Waals surface area contributed by atoms with Crippen LogP contribution in [0.5, 0.6) is 0 Å². The van der Waals surface area contributed by atoms with Crippen molar-refractivity contribution < 1.29 is 28.6 Å². The number of carbonyl (C=O) groups excluding carboxylic acids is 3. The second-order valence-corrected chi connectivity index (χ2v) is 18.5. The molecular weight excluding hydrogens is 721 g/mol. The highest BCUT2D eigenvalue weighted by atomic mass is 16.6. The first-order chi connectivity index (χ1) is 28.3. The topological polar surface area (TPSA) is 78.9 Å². The Bertz CT molecular complexity index is 887. The van der Waals surface area contributed by atoms with Gasteiger partial charge in [0.2, 0.25) is 0 Å². The van der Waals surface area contributed by atoms with E-state index in [1.165, 1.54) is 173 Å². The molecular formula is C52H100O6. The minimum Gasteiger partial charge on any atom is -0.462 e. The molecule has 0 amide bonds. The van der Waals surface area contributed by atoms with Crippen molar-refractivity contribution in [3.05, 3.63) is 0 Å². The van der Waals surface area contributed by atoms with Crippen molar-refractivity contribution in [3.8, 4) is 0 Å². The van der Waals surface area contributed by atoms with Gasteiger partial charge in [-0.2, -0.15) is 0 Å². The number of esters is 3. The van der Waals surface area contributed by atoms with E-state index in [9.17, 15) is 14.4 Å². The Kier molecular flexibility index (Phi) is 43.7. The molecule has 0 fully saturated rings. The van der Waals surface area contributed by atoms with Crippen molar-refractivity contribution >= 4 is 17.9 Å². The van der Waals surface area contributed by atoms with Crippen molar-refractivity contribution in [1.29, 1.82) is 0 Å². The van der Waals surface area contributed by atoms with Crippen LogP contribution in [0.2, 0.25) is 0 Å². The summed E-state index contributed by atoms with van der Waals surface area (Å²) in [5.41, 5.74) is 0. The summed E-state index contributed by atoms with van der Waals surface area (Å²) in [5, 5.41) is 0. The number of hydrogen-bond donors (Lipinski definition) is 0. The Hall–Kier alpha value is -1.59. The number of hydrogen-bond acceptors (Lipinski definition) is 6. The Morgan fingerprint density at radius 1 is 0.362 bits per heavy atom. The number of carbonyl (C=O) groups is 3. The maximum atomic E-state index is 12.8. The maximum Gasteiger partial charge on any atom is 0.306 e. The highest BCUT2D eigenvalue weighted by Gasteiger charge is 2.19. The molecule has 0 saturated heterocycles. The van der Waals surface area contributed by atoms with Gasteiger partial charge in [0, 0.05) is 19.3 Å². The molecule has 0 aromatic rings. The molecule has 0 aromatic carbocycles. The zero-order valence-electron chi connectivity index (χ0n) is 39.7. The maximum absolute atomic E-state index is 12.8. The molecule has 58 heavy (non-hydrogen) atoms. The van der Waals surface area contributed by atoms with Crippen LogP contribution in [0.15, 0.2) is 0 Å². The van der Waals surface area contributed by atoms with Crippen LogP contribution in [-0.2, 0) is 28.6 Å². The molecule has 0 heterocycles. The van der Waals surface area contributed by atoms with Crippen LogP contribution in [0, 0.1) is 11.8 Å². The van der Waals surface area contributed by atoms with E-state index >= 15 is 0 Å². The van der Waals surface area contributed by atoms with Gasteiger partial charge in [-0.25, -0.2) is 0 Å². The zero-order chi connectivity index (χ0) is 42.6. The van der Waals surface area contributed by atoms with Crippen LogP contribution in [-0.4, -0.2) is 37.2 Å². The number of rotatable bonds is 46. The van der Waals surface area contributed by atoms with E-state index < -0.39 is 6.10 Å². The first-order valence-electron chi connectivity index (χ1n) is 25.8. The van der Waals surface area contributed by atoms with E-state index in [0.717, 1.165) is 69.6 Å². The molecule has 344 valence electrons. The van der Waals surface area contributed by atoms with Gasteiger partial charge < -0.3 is 14.2 Å². The fourth-order valence-electron chi connectivity index (χ4n) is 7.78. The lowest BCUT2D eigenvalue weighted by atomic mass is 10.00. The summed E-state index contributed by atoms with van der Waals surface area (Å²) in [6.45, 7) is 11.4. The molecule has 0 rings (SSSR count). The monoisotopic (exact) mass is 821 g/mol. The minimum absolute atomic E-state index is 0.0643. The smallest absolute Gasteiger partial charge is 0.306 e. The SMILES string of the molecule is CCCCCCCCCCCCCCC(=O)OC[C@@H](COC(=O)CCCCCCCCC(C)CC)OC(=O)CCCCCCCCCCCCCCCCCC(C)C. The fourth-order valence-corrected chi connectivity index (χ4v) is 7.78. The molecule has 0 radical (unpaired) electrons. The number of unbranched alkanes of at least 4 members (excludes halogenated alkanes) is 30. The molecule has 0 aliphatic heterocycles. The van der Waals surface area contributed by atoms with Crippen LogP contribution >= 0.6 is 0 Å². The van der Waals surface area contributed by atoms with E-state index in [2.05, 4.69) is 34.6 Å². The van der Waals surface area contributed by atoms with Gasteiger partial charge >= 0.3 is 17.9 Å². The summed E-state index contributed by atoms with van der Waals surface area (Å²) in [4.78, 5) is 37.9. The summed E-state index contributed by atoms with van der Waals surface area (Å²) in [6.07, 6.45) is 45.2. The van der Waals surface area contributed by atoms with E-state index in [0.29, 0.717) is 19.3 Å². The third-order valence-electron chi connectivity index (χ3n) is 12.1. The van der Waals surface area contributed by atoms with Crippen molar-refractivity contribution in [2.24, 2.45) is 11.8 Å². The van der Waals surface area contributed by atoms with Crippen molar-refractivity contribution in [3.63, 3.8) is 0 Å². The molecule has 0 N–H and O–H groups in total. The lowest BCUT2D eigenvalue weighted by molar-refractivity contribution is -0.167. The molecule has 2 atom stereocenters. The molecule has 1 unspecified atom stereocenters. The van der Waals surface area contributed by atoms with Crippen LogP contribution < -0.4 is 0 Å². The van der Waals surface area contributed by atoms with Gasteiger partial charge in [0.15, 0.2) is 6.10 Å². The quantitative estimate of drug-likeness (QED) is 0.0346. The molecule has 0 spiro atoms. The Morgan fingerprint density at radius 3 is 0.983 bits per heavy atom. The third-order valence-corrected chi connectivity index (χ3v) is 12.1. The summed E-state index contributed by atoms with van der Waals surface area (Å²) in [5.74, 6) is 0.811. The van der Waals surface area contributed by atoms with E-state index in [1.54, 1.807) is 0 Å². The van der Waals surface area contributed by atoms with Crippen LogP contribution in [0.4, 0.5) is 0 Å². The van der Waals surface area contributed by atoms with E-state index in [1.807, 2.05) is 0 Å². The van der Waals surface area contributed by atoms with E-state index in [-0.39, 0.29) is 31.1 Å². The predicted octanol–water partition coefficient (Wildman–Crippen LogP) is 16.5. The molecule has 0 aliphatic carbocycles. The first kappa shape index (κ1) is 56.4. The highest BCUT2D eigenvalue weighted by molar-refractivity contribution is 5.71. The van der Waals surface area contributed by atoms with Gasteiger partial charge in [-0.1, -0.05) is 247 Å². The minimum atomic E-state index is -0.761. The molecule has 6 heteroatoms. The van der Waals surface area contributed by atoms with Gasteiger partial charge in [0.1, 0.15) is 13.2 Å². The van der Waals surface area contributed by atoms with E-state index in [4.69, 9.17) is 14.2 Å². The Balaban J connectivity index is 4.28. The molecule has 0 aliphatic rings. The first-order valence-corrected chi connectivity index (χ1v) is 25.8. The highest BCUT2D eigenvalue weighted by Crippen LogP contribution is 2.18. The van der Waals surface area contributed by atoms with Gasteiger partial charge in [-0.15, -0.1) is 0 Å². The Labute approximate surface area is 361 Å². The molecule has 6 nitrogen and oxygen atoms in total. The van der Waals surface area contributed by atoms with Crippen molar-refractivity contribution in [2.75, 3.05) is 13.2 Å². The van der Waals surface area contributed by atoms with Crippen molar-refractivity contribution in [2.45, 2.75) is 291 Å². The lowest BCUT2D eigenvalue weighted by Crippen LogP contribution is -2.30. The predicted molar refractivity (Wildman–Crippen MR) is 247 cm³/mol. The van der Waals surface area contributed by atoms with Crippen LogP contribution in [0.25, 0.3) is 0 Å². The average molecular weight is 821 g/mol. The molecule has 0 bridgehead atoms. The summed E-state index contributed by atoms with van der Waals surface area (Å²) in [7, 11) is 0. The number of ether oxygens (including phenoxy) is 3. The van der Waals surface area contributed by atoms with Crippen LogP contribution in [0.3, 0.4) is 0 Å². The van der Waals surface area contributed by atoms with Gasteiger partial charge in [-0.3, -0.25) is 14.4 Å². The van der Waals surface area contributed by atoms with Gasteiger partial charge in [0.25, 0.3) is 0 Å². The third kappa shape index (κ3) is 44.0. The summed E-state index contributed by atoms with van der Waals surface area (Å²) >= 11 is 0. The van der Waals surface area contributed by atoms with Gasteiger partial charge in [0.05, 0.1) is 0 Å². The standard InChI is InChI=1S/C52H100O6/c1-6-8-9-10-11-12-13-20-23-26-32-37-42-50(53)56-45-49(46-57-51(54)43-38-33-29-28-31-36-41-48(5)7-2)58-52(55)44-39-34-27-24-21-18-16-14-15-17-19-22-25-30-35-40-47(3)4/h47-49H,6-46H2,1-5H3/t48?,49-/m0/s1. The molecule has 0 saturated carbocycles. The average Bonchev–Trinajstić information content (AvgIpc) is 3.21. The fraction of sp³-hybridized carbons (Fsp3) is 0.942. The second kappa shape index (κ2) is 44.9. The normalized spacial score (nSPS) is 12.5. The Morgan fingerprint density at radius 2 is 0.655 bits per heavy atom. The second-order valence-electron chi connectivity index (χ2n) is 18.5. The zero-order valence-corrected chi connectivity index (χ0v) is 39.7. The van der Waals surface area contributed by atoms with Crippen molar-refractivity contribution in [1.82, 2.24) is 0 Å². The summed E-state index contributed by atoms with van der Waals surface area (Å²) < 4.78 is 16.8. The lowest BCUT2D eigenvalue weighted by Gasteiger charge is -2.18. The largest absolute Gasteiger partial charge is 0.462 e. The molecule has 0 aromatic heterocycles.